The van der Waals surface area contributed by atoms with Crippen molar-refractivity contribution >= 4 is 17.4 Å². The van der Waals surface area contributed by atoms with Gasteiger partial charge in [-0.15, -0.1) is 0 Å². The maximum absolute atomic E-state index is 12.4. The lowest BCUT2D eigenvalue weighted by molar-refractivity contribution is 0.0951. The van der Waals surface area contributed by atoms with Crippen molar-refractivity contribution in [1.82, 2.24) is 24.6 Å². The largest absolute Gasteiger partial charge is 0.366 e. The number of nitrogens with one attached hydrogen (secondary N) is 2. The first-order chi connectivity index (χ1) is 16.1. The summed E-state index contributed by atoms with van der Waals surface area (Å²) >= 11 is 0. The van der Waals surface area contributed by atoms with Crippen molar-refractivity contribution in [3.05, 3.63) is 72.6 Å². The van der Waals surface area contributed by atoms with Crippen molar-refractivity contribution in [3.8, 4) is 22.5 Å². The Morgan fingerprint density at radius 2 is 1.82 bits per heavy atom. The van der Waals surface area contributed by atoms with Gasteiger partial charge in [0.25, 0.3) is 5.91 Å². The molecule has 7 heteroatoms. The highest BCUT2D eigenvalue weighted by Crippen LogP contribution is 2.28. The average molecular weight is 441 g/mol. The van der Waals surface area contributed by atoms with Crippen LogP contribution in [0.3, 0.4) is 0 Å². The number of amides is 1. The predicted molar refractivity (Wildman–Crippen MR) is 131 cm³/mol. The van der Waals surface area contributed by atoms with Crippen molar-refractivity contribution in [2.45, 2.75) is 18.9 Å². The Morgan fingerprint density at radius 3 is 2.52 bits per heavy atom. The zero-order chi connectivity index (χ0) is 22.8. The Hall–Kier alpha value is -3.71. The summed E-state index contributed by atoms with van der Waals surface area (Å²) in [7, 11) is 4.10. The molecule has 0 spiro atoms. The molecule has 0 bridgehead atoms. The molecule has 1 amide bonds. The number of imidazole rings is 1. The van der Waals surface area contributed by atoms with Crippen LogP contribution in [-0.2, 0) is 0 Å². The summed E-state index contributed by atoms with van der Waals surface area (Å²) in [5.41, 5.74) is 5.32. The maximum atomic E-state index is 12.4. The van der Waals surface area contributed by atoms with Crippen LogP contribution in [0.2, 0.25) is 0 Å². The molecule has 1 aliphatic rings. The highest BCUT2D eigenvalue weighted by atomic mass is 16.1. The van der Waals surface area contributed by atoms with E-state index in [9.17, 15) is 4.79 Å². The van der Waals surface area contributed by atoms with E-state index in [2.05, 4.69) is 37.1 Å². The molecule has 5 rings (SSSR count). The van der Waals surface area contributed by atoms with E-state index in [1.54, 1.807) is 0 Å². The van der Waals surface area contributed by atoms with Crippen LogP contribution in [0.1, 0.15) is 23.2 Å². The number of likely N-dealkylation sites (N-methyl/N-ethyl adjacent to an activating group) is 1. The van der Waals surface area contributed by atoms with Gasteiger partial charge in [-0.05, 0) is 39.1 Å². The number of aromatic nitrogens is 3. The molecular formula is C26H28N6O. The van der Waals surface area contributed by atoms with Crippen LogP contribution in [0.5, 0.6) is 0 Å². The number of fused-ring (bicyclic) bond motifs is 1. The fourth-order valence-corrected chi connectivity index (χ4v) is 3.76. The minimum atomic E-state index is -0.00913. The van der Waals surface area contributed by atoms with Crippen molar-refractivity contribution in [1.29, 1.82) is 0 Å². The third-order valence-corrected chi connectivity index (χ3v) is 5.77. The fourth-order valence-electron chi connectivity index (χ4n) is 3.76. The van der Waals surface area contributed by atoms with Crippen molar-refractivity contribution in [2.75, 3.05) is 32.5 Å². The normalized spacial score (nSPS) is 13.4. The lowest BCUT2D eigenvalue weighted by Crippen LogP contribution is -2.25. The summed E-state index contributed by atoms with van der Waals surface area (Å²) in [5.74, 6) is 0.745. The molecule has 4 aromatic rings. The number of hydrogen-bond donors (Lipinski definition) is 2. The van der Waals surface area contributed by atoms with E-state index in [0.29, 0.717) is 11.6 Å². The van der Waals surface area contributed by atoms with Crippen LogP contribution < -0.4 is 10.6 Å². The topological polar surface area (TPSA) is 74.6 Å². The van der Waals surface area contributed by atoms with Crippen LogP contribution in [0.15, 0.2) is 67.0 Å². The number of benzene rings is 2. The molecule has 2 N–H and O–H groups in total. The van der Waals surface area contributed by atoms with Gasteiger partial charge in [0.2, 0.25) is 0 Å². The first-order valence-corrected chi connectivity index (χ1v) is 11.3. The minimum absolute atomic E-state index is 0.00913. The van der Waals surface area contributed by atoms with Crippen molar-refractivity contribution < 1.29 is 4.79 Å². The number of carbonyl (C=O) groups is 1. The number of nitrogens with zero attached hydrogens (tertiary/aromatic N) is 4. The molecule has 0 aliphatic heterocycles. The highest BCUT2D eigenvalue weighted by molar-refractivity contribution is 5.95. The van der Waals surface area contributed by atoms with E-state index < -0.39 is 0 Å². The molecule has 168 valence electrons. The molecule has 1 aliphatic carbocycles. The van der Waals surface area contributed by atoms with Crippen LogP contribution in [0.25, 0.3) is 28.2 Å². The summed E-state index contributed by atoms with van der Waals surface area (Å²) in [4.78, 5) is 24.0. The van der Waals surface area contributed by atoms with Gasteiger partial charge in [-0.3, -0.25) is 9.20 Å². The quantitative estimate of drug-likeness (QED) is 0.434. The summed E-state index contributed by atoms with van der Waals surface area (Å²) in [6.07, 6.45) is 6.04. The third kappa shape index (κ3) is 4.73. The van der Waals surface area contributed by atoms with Gasteiger partial charge in [-0.2, -0.15) is 0 Å². The Labute approximate surface area is 193 Å². The SMILES string of the molecule is CN(C)CCNc1nc(-c2ccccc2)cn2c(-c3ccc(C(=O)NC4CC4)cc3)cnc12. The zero-order valence-corrected chi connectivity index (χ0v) is 19.0. The monoisotopic (exact) mass is 440 g/mol. The molecule has 2 aromatic heterocycles. The Bertz CT molecular complexity index is 1260. The summed E-state index contributed by atoms with van der Waals surface area (Å²) in [6, 6.07) is 18.2. The molecule has 0 radical (unpaired) electrons. The van der Waals surface area contributed by atoms with E-state index >= 15 is 0 Å². The summed E-state index contributed by atoms with van der Waals surface area (Å²) < 4.78 is 2.08. The molecular weight excluding hydrogens is 412 g/mol. The molecule has 2 heterocycles. The zero-order valence-electron chi connectivity index (χ0n) is 19.0. The first kappa shape index (κ1) is 21.2. The standard InChI is InChI=1S/C26H28N6O/c1-31(2)15-14-27-24-25-28-16-23(32(25)17-22(30-24)18-6-4-3-5-7-18)19-8-10-20(11-9-19)26(33)29-21-12-13-21/h3-11,16-17,21H,12-15H2,1-2H3,(H,27,30)(H,29,33). The van der Waals surface area contributed by atoms with Crippen LogP contribution in [0, 0.1) is 0 Å². The van der Waals surface area contributed by atoms with Gasteiger partial charge in [0.1, 0.15) is 0 Å². The van der Waals surface area contributed by atoms with Crippen LogP contribution in [0.4, 0.5) is 5.82 Å². The molecule has 1 fully saturated rings. The number of rotatable bonds is 8. The van der Waals surface area contributed by atoms with Crippen LogP contribution in [-0.4, -0.2) is 58.4 Å². The Morgan fingerprint density at radius 1 is 1.06 bits per heavy atom. The van der Waals surface area contributed by atoms with E-state index in [-0.39, 0.29) is 5.91 Å². The number of carbonyl (C=O) groups excluding carboxylic acids is 1. The van der Waals surface area contributed by atoms with Gasteiger partial charge in [0, 0.05) is 42.0 Å². The predicted octanol–water partition coefficient (Wildman–Crippen LogP) is 3.93. The lowest BCUT2D eigenvalue weighted by Gasteiger charge is -2.13. The van der Waals surface area contributed by atoms with Gasteiger partial charge in [0.15, 0.2) is 11.5 Å². The fraction of sp³-hybridized carbons (Fsp3) is 0.269. The van der Waals surface area contributed by atoms with Gasteiger partial charge in [-0.25, -0.2) is 9.97 Å². The van der Waals surface area contributed by atoms with E-state index in [1.807, 2.05) is 69.0 Å². The Balaban J connectivity index is 1.51. The second-order valence-electron chi connectivity index (χ2n) is 8.73. The maximum Gasteiger partial charge on any atom is 0.251 e. The van der Waals surface area contributed by atoms with Crippen LogP contribution >= 0.6 is 0 Å². The molecule has 0 unspecified atom stereocenters. The summed E-state index contributed by atoms with van der Waals surface area (Å²) in [5, 5.41) is 6.49. The van der Waals surface area contributed by atoms with Gasteiger partial charge in [-0.1, -0.05) is 42.5 Å². The van der Waals surface area contributed by atoms with Crippen molar-refractivity contribution in [3.63, 3.8) is 0 Å². The first-order valence-electron chi connectivity index (χ1n) is 11.3. The summed E-state index contributed by atoms with van der Waals surface area (Å²) in [6.45, 7) is 1.66. The minimum Gasteiger partial charge on any atom is -0.366 e. The second-order valence-corrected chi connectivity index (χ2v) is 8.73. The van der Waals surface area contributed by atoms with Crippen molar-refractivity contribution in [2.24, 2.45) is 0 Å². The second kappa shape index (κ2) is 9.03. The van der Waals surface area contributed by atoms with Gasteiger partial charge >= 0.3 is 0 Å². The van der Waals surface area contributed by atoms with Gasteiger partial charge in [0.05, 0.1) is 17.6 Å². The molecule has 1 saturated carbocycles. The van der Waals surface area contributed by atoms with E-state index in [0.717, 1.165) is 59.9 Å². The smallest absolute Gasteiger partial charge is 0.251 e. The molecule has 33 heavy (non-hydrogen) atoms. The molecule has 0 atom stereocenters. The molecule has 7 nitrogen and oxygen atoms in total. The third-order valence-electron chi connectivity index (χ3n) is 5.77. The molecule has 2 aromatic carbocycles. The Kier molecular flexibility index (Phi) is 5.79. The highest BCUT2D eigenvalue weighted by Gasteiger charge is 2.23. The average Bonchev–Trinajstić information content (AvgIpc) is 3.54. The van der Waals surface area contributed by atoms with Gasteiger partial charge < -0.3 is 15.5 Å². The number of anilines is 1. The number of hydrogen-bond acceptors (Lipinski definition) is 5. The molecule has 0 saturated heterocycles. The van der Waals surface area contributed by atoms with E-state index in [4.69, 9.17) is 4.98 Å². The van der Waals surface area contributed by atoms with E-state index in [1.165, 1.54) is 0 Å². The lowest BCUT2D eigenvalue weighted by atomic mass is 10.1.